The topological polar surface area (TPSA) is 81.8 Å². The fourth-order valence-corrected chi connectivity index (χ4v) is 3.51. The van der Waals surface area contributed by atoms with Crippen molar-refractivity contribution in [2.24, 2.45) is 0 Å². The summed E-state index contributed by atoms with van der Waals surface area (Å²) in [5, 5.41) is 12.4. The largest absolute Gasteiger partial charge is 0.350 e. The average molecular weight is 401 g/mol. The molecule has 0 bridgehead atoms. The predicted molar refractivity (Wildman–Crippen MR) is 116 cm³/mol. The van der Waals surface area contributed by atoms with Gasteiger partial charge in [-0.25, -0.2) is 9.36 Å². The highest BCUT2D eigenvalue weighted by Crippen LogP contribution is 2.20. The molecule has 0 fully saturated rings. The molecule has 0 spiro atoms. The van der Waals surface area contributed by atoms with Gasteiger partial charge in [0.15, 0.2) is 0 Å². The zero-order valence-corrected chi connectivity index (χ0v) is 17.2. The zero-order valence-electron chi connectivity index (χ0n) is 17.2. The highest BCUT2D eigenvalue weighted by atomic mass is 16.2. The van der Waals surface area contributed by atoms with E-state index in [1.807, 2.05) is 67.6 Å². The second-order valence-corrected chi connectivity index (χ2v) is 7.27. The molecule has 2 aromatic carbocycles. The van der Waals surface area contributed by atoms with Gasteiger partial charge in [-0.05, 0) is 38.5 Å². The van der Waals surface area contributed by atoms with Crippen LogP contribution in [-0.2, 0) is 11.3 Å². The number of carbonyl (C=O) groups is 1. The zero-order chi connectivity index (χ0) is 21.3. The minimum absolute atomic E-state index is 0.264. The second-order valence-electron chi connectivity index (χ2n) is 7.27. The molecule has 152 valence electrons. The van der Waals surface area contributed by atoms with Crippen molar-refractivity contribution in [3.05, 3.63) is 88.0 Å². The van der Waals surface area contributed by atoms with Gasteiger partial charge in [-0.2, -0.15) is 10.2 Å². The van der Waals surface area contributed by atoms with Crippen molar-refractivity contribution in [1.82, 2.24) is 24.9 Å². The molecule has 4 rings (SSSR count). The number of carbonyl (C=O) groups excluding carboxylic acids is 1. The van der Waals surface area contributed by atoms with E-state index in [-0.39, 0.29) is 11.5 Å². The molecule has 4 aromatic rings. The number of nitrogens with one attached hydrogen (secondary N) is 1. The number of aromatic nitrogens is 4. The van der Waals surface area contributed by atoms with E-state index >= 15 is 0 Å². The molecule has 0 aliphatic carbocycles. The lowest BCUT2D eigenvalue weighted by molar-refractivity contribution is -0.124. The lowest BCUT2D eigenvalue weighted by atomic mass is 10.2. The summed E-state index contributed by atoms with van der Waals surface area (Å²) in [4.78, 5) is 25.9. The first-order valence-corrected chi connectivity index (χ1v) is 9.83. The van der Waals surface area contributed by atoms with E-state index in [4.69, 9.17) is 0 Å². The van der Waals surface area contributed by atoms with Gasteiger partial charge in [0.2, 0.25) is 5.91 Å². The molecule has 2 aromatic heterocycles. The van der Waals surface area contributed by atoms with Gasteiger partial charge in [-0.3, -0.25) is 9.59 Å². The smallest absolute Gasteiger partial charge is 0.278 e. The van der Waals surface area contributed by atoms with Gasteiger partial charge in [-0.1, -0.05) is 48.5 Å². The van der Waals surface area contributed by atoms with Crippen LogP contribution in [0.25, 0.3) is 16.6 Å². The standard InChI is InChI=1S/C23H23N5O2/c1-15-21-20(16(2)27(26-21)19-12-8-5-9-13-19)23(30)28(25-15)17(3)22(29)24-14-18-10-6-4-7-11-18/h4-13,17H,14H2,1-3H3,(H,24,29)/t17-/m1/s1. The van der Waals surface area contributed by atoms with Crippen LogP contribution >= 0.6 is 0 Å². The number of nitrogens with zero attached hydrogens (tertiary/aromatic N) is 4. The maximum Gasteiger partial charge on any atom is 0.278 e. The molecule has 1 atom stereocenters. The molecule has 1 N–H and O–H groups in total. The molecule has 0 saturated carbocycles. The van der Waals surface area contributed by atoms with Crippen LogP contribution in [0.1, 0.15) is 29.9 Å². The first kappa shape index (κ1) is 19.6. The summed E-state index contributed by atoms with van der Waals surface area (Å²) in [6.45, 7) is 5.73. The molecule has 7 nitrogen and oxygen atoms in total. The Labute approximate surface area is 174 Å². The molecule has 0 saturated heterocycles. The minimum Gasteiger partial charge on any atom is -0.350 e. The number of amides is 1. The number of benzene rings is 2. The van der Waals surface area contributed by atoms with Gasteiger partial charge in [0.25, 0.3) is 5.56 Å². The van der Waals surface area contributed by atoms with Crippen LogP contribution in [0.4, 0.5) is 0 Å². The molecule has 0 unspecified atom stereocenters. The quantitative estimate of drug-likeness (QED) is 0.557. The van der Waals surface area contributed by atoms with Gasteiger partial charge >= 0.3 is 0 Å². The Morgan fingerprint density at radius 3 is 2.30 bits per heavy atom. The van der Waals surface area contributed by atoms with Gasteiger partial charge in [0, 0.05) is 6.54 Å². The van der Waals surface area contributed by atoms with Crippen LogP contribution < -0.4 is 10.9 Å². The van der Waals surface area contributed by atoms with Crippen molar-refractivity contribution in [3.63, 3.8) is 0 Å². The predicted octanol–water partition coefficient (Wildman–Crippen LogP) is 3.08. The Bertz CT molecular complexity index is 1260. The number of fused-ring (bicyclic) bond motifs is 1. The maximum absolute atomic E-state index is 13.2. The highest BCUT2D eigenvalue weighted by molar-refractivity contribution is 5.84. The van der Waals surface area contributed by atoms with E-state index in [0.717, 1.165) is 16.9 Å². The van der Waals surface area contributed by atoms with E-state index in [1.165, 1.54) is 4.68 Å². The summed E-state index contributed by atoms with van der Waals surface area (Å²) in [6, 6.07) is 18.5. The van der Waals surface area contributed by atoms with Gasteiger partial charge < -0.3 is 5.32 Å². The lowest BCUT2D eigenvalue weighted by Crippen LogP contribution is -2.37. The lowest BCUT2D eigenvalue weighted by Gasteiger charge is -2.15. The Kier molecular flexibility index (Phi) is 5.18. The fourth-order valence-electron chi connectivity index (χ4n) is 3.51. The third-order valence-electron chi connectivity index (χ3n) is 5.20. The van der Waals surface area contributed by atoms with Crippen molar-refractivity contribution in [2.45, 2.75) is 33.4 Å². The van der Waals surface area contributed by atoms with Crippen molar-refractivity contribution in [1.29, 1.82) is 0 Å². The average Bonchev–Trinajstić information content (AvgIpc) is 3.13. The number of rotatable bonds is 5. The van der Waals surface area contributed by atoms with Gasteiger partial charge in [-0.15, -0.1) is 0 Å². The van der Waals surface area contributed by atoms with E-state index in [2.05, 4.69) is 15.5 Å². The molecule has 0 radical (unpaired) electrons. The number of hydrogen-bond donors (Lipinski definition) is 1. The fraction of sp³-hybridized carbons (Fsp3) is 0.217. The molecule has 1 amide bonds. The van der Waals surface area contributed by atoms with Crippen LogP contribution in [0.15, 0.2) is 65.5 Å². The Hall–Kier alpha value is -3.74. The van der Waals surface area contributed by atoms with E-state index in [0.29, 0.717) is 23.1 Å². The van der Waals surface area contributed by atoms with Gasteiger partial charge in [0.05, 0.1) is 22.5 Å². The summed E-state index contributed by atoms with van der Waals surface area (Å²) in [5.41, 5.74) is 3.41. The molecular weight excluding hydrogens is 378 g/mol. The third-order valence-corrected chi connectivity index (χ3v) is 5.20. The Balaban J connectivity index is 1.69. The van der Waals surface area contributed by atoms with Crippen molar-refractivity contribution in [2.75, 3.05) is 0 Å². The first-order valence-electron chi connectivity index (χ1n) is 9.83. The normalized spacial score (nSPS) is 12.1. The van der Waals surface area contributed by atoms with Gasteiger partial charge in [0.1, 0.15) is 11.6 Å². The first-order chi connectivity index (χ1) is 14.5. The molecule has 7 heteroatoms. The molecule has 30 heavy (non-hydrogen) atoms. The van der Waals surface area contributed by atoms with Crippen LogP contribution in [-0.4, -0.2) is 25.5 Å². The number of hydrogen-bond acceptors (Lipinski definition) is 4. The summed E-state index contributed by atoms with van der Waals surface area (Å²) in [6.07, 6.45) is 0. The van der Waals surface area contributed by atoms with Crippen molar-refractivity contribution >= 4 is 16.8 Å². The molecule has 0 aliphatic heterocycles. The number of aryl methyl sites for hydroxylation is 2. The second kappa shape index (κ2) is 7.94. The molecular formula is C23H23N5O2. The van der Waals surface area contributed by atoms with E-state index in [1.54, 1.807) is 18.5 Å². The highest BCUT2D eigenvalue weighted by Gasteiger charge is 2.23. The van der Waals surface area contributed by atoms with E-state index in [9.17, 15) is 9.59 Å². The maximum atomic E-state index is 13.2. The van der Waals surface area contributed by atoms with Crippen LogP contribution in [0.2, 0.25) is 0 Å². The SMILES string of the molecule is Cc1nn([C@H](C)C(=O)NCc2ccccc2)c(=O)c2c(C)n(-c3ccccc3)nc12. The Morgan fingerprint density at radius 1 is 1.00 bits per heavy atom. The van der Waals surface area contributed by atoms with E-state index < -0.39 is 6.04 Å². The summed E-state index contributed by atoms with van der Waals surface area (Å²) < 4.78 is 2.99. The molecule has 2 heterocycles. The van der Waals surface area contributed by atoms with Crippen LogP contribution in [0.3, 0.4) is 0 Å². The van der Waals surface area contributed by atoms with Crippen molar-refractivity contribution < 1.29 is 4.79 Å². The summed E-state index contributed by atoms with van der Waals surface area (Å²) >= 11 is 0. The summed E-state index contributed by atoms with van der Waals surface area (Å²) in [5.74, 6) is -0.264. The molecule has 0 aliphatic rings. The Morgan fingerprint density at radius 2 is 1.63 bits per heavy atom. The minimum atomic E-state index is -0.746. The third kappa shape index (κ3) is 3.50. The summed E-state index contributed by atoms with van der Waals surface area (Å²) in [7, 11) is 0. The van der Waals surface area contributed by atoms with Crippen LogP contribution in [0.5, 0.6) is 0 Å². The van der Waals surface area contributed by atoms with Crippen LogP contribution in [0, 0.1) is 13.8 Å². The number of para-hydroxylation sites is 1. The monoisotopic (exact) mass is 401 g/mol. The van der Waals surface area contributed by atoms with Crippen molar-refractivity contribution in [3.8, 4) is 5.69 Å².